The molecule has 0 bridgehead atoms. The van der Waals surface area contributed by atoms with E-state index in [-0.39, 0.29) is 0 Å². The van der Waals surface area contributed by atoms with Crippen LogP contribution in [0, 0.1) is 5.92 Å². The highest BCUT2D eigenvalue weighted by atomic mass is 32.1. The molecular weight excluding hydrogens is 192 g/mol. The fourth-order valence-electron chi connectivity index (χ4n) is 1.29. The molecule has 0 saturated carbocycles. The van der Waals surface area contributed by atoms with Crippen LogP contribution in [0.1, 0.15) is 18.7 Å². The highest BCUT2D eigenvalue weighted by Gasteiger charge is 2.18. The minimum Gasteiger partial charge on any atom is -0.150 e. The second kappa shape index (κ2) is 3.97. The third-order valence-electron chi connectivity index (χ3n) is 2.01. The molecule has 0 amide bonds. The molecule has 1 rings (SSSR count). The van der Waals surface area contributed by atoms with Crippen LogP contribution in [0.15, 0.2) is 12.1 Å². The molecule has 0 nitrogen and oxygen atoms in total. The van der Waals surface area contributed by atoms with Gasteiger partial charge in [-0.2, -0.15) is 11.3 Å². The van der Waals surface area contributed by atoms with E-state index in [1.807, 2.05) is 11.3 Å². The van der Waals surface area contributed by atoms with Gasteiger partial charge in [-0.25, -0.2) is 0 Å². The van der Waals surface area contributed by atoms with Crippen LogP contribution in [-0.2, 0) is 6.42 Å². The summed E-state index contributed by atoms with van der Waals surface area (Å²) in [5.41, 5.74) is 0. The van der Waals surface area contributed by atoms with Crippen molar-refractivity contribution in [2.45, 2.75) is 39.9 Å². The van der Waals surface area contributed by atoms with Crippen LogP contribution < -0.4 is 4.50 Å². The Balaban J connectivity index is 2.75. The van der Waals surface area contributed by atoms with Crippen molar-refractivity contribution in [1.82, 2.24) is 0 Å². The number of rotatable bonds is 3. The smallest absolute Gasteiger partial charge is 0.0904 e. The lowest BCUT2D eigenvalue weighted by molar-refractivity contribution is 0.654. The minimum atomic E-state index is -1.05. The van der Waals surface area contributed by atoms with Crippen molar-refractivity contribution in [3.05, 3.63) is 17.0 Å². The van der Waals surface area contributed by atoms with Gasteiger partial charge < -0.3 is 0 Å². The van der Waals surface area contributed by atoms with Gasteiger partial charge in [-0.05, 0) is 22.9 Å². The van der Waals surface area contributed by atoms with Crippen LogP contribution in [-0.4, -0.2) is 8.07 Å². The van der Waals surface area contributed by atoms with Gasteiger partial charge in [-0.3, -0.25) is 0 Å². The fourth-order valence-corrected chi connectivity index (χ4v) is 4.47. The van der Waals surface area contributed by atoms with Crippen molar-refractivity contribution >= 4 is 23.9 Å². The summed E-state index contributed by atoms with van der Waals surface area (Å²) in [4.78, 5) is 1.56. The summed E-state index contributed by atoms with van der Waals surface area (Å²) in [6, 6.07) is 4.66. The maximum atomic E-state index is 2.41. The molecule has 0 radical (unpaired) electrons. The van der Waals surface area contributed by atoms with E-state index in [9.17, 15) is 0 Å². The van der Waals surface area contributed by atoms with Gasteiger partial charge in [-0.15, -0.1) is 0 Å². The van der Waals surface area contributed by atoms with Crippen LogP contribution in [0.3, 0.4) is 0 Å². The van der Waals surface area contributed by atoms with Gasteiger partial charge in [0.25, 0.3) is 0 Å². The van der Waals surface area contributed by atoms with Crippen LogP contribution >= 0.6 is 11.3 Å². The molecule has 0 N–H and O–H groups in total. The summed E-state index contributed by atoms with van der Waals surface area (Å²) in [5.74, 6) is 0.785. The molecular formula is C11H20SSi. The molecule has 13 heavy (non-hydrogen) atoms. The standard InChI is InChI=1S/C11H20SSi/c1-9(2)8-10-6-7-11(12-10)13(3,4)5/h6-7,9H,8H2,1-5H3. The Labute approximate surface area is 87.0 Å². The third kappa shape index (κ3) is 3.28. The number of hydrogen-bond donors (Lipinski definition) is 0. The van der Waals surface area contributed by atoms with Crippen molar-refractivity contribution in [2.75, 3.05) is 0 Å². The van der Waals surface area contributed by atoms with Crippen LogP contribution in [0.25, 0.3) is 0 Å². The maximum Gasteiger partial charge on any atom is 0.0904 e. The lowest BCUT2D eigenvalue weighted by Crippen LogP contribution is -2.34. The van der Waals surface area contributed by atoms with Gasteiger partial charge in [0.15, 0.2) is 0 Å². The zero-order chi connectivity index (χ0) is 10.1. The molecule has 0 fully saturated rings. The summed E-state index contributed by atoms with van der Waals surface area (Å²) < 4.78 is 1.64. The van der Waals surface area contributed by atoms with Gasteiger partial charge in [0.05, 0.1) is 8.07 Å². The Bertz CT molecular complexity index is 268. The predicted octanol–water partition coefficient (Wildman–Crippen LogP) is 3.49. The Morgan fingerprint density at radius 2 is 1.85 bits per heavy atom. The van der Waals surface area contributed by atoms with Crippen LogP contribution in [0.2, 0.25) is 19.6 Å². The molecule has 0 aromatic carbocycles. The quantitative estimate of drug-likeness (QED) is 0.673. The minimum absolute atomic E-state index is 0.785. The van der Waals surface area contributed by atoms with Crippen molar-refractivity contribution in [3.63, 3.8) is 0 Å². The number of thiophene rings is 1. The monoisotopic (exact) mass is 212 g/mol. The zero-order valence-electron chi connectivity index (χ0n) is 9.35. The first-order valence-electron chi connectivity index (χ1n) is 4.99. The van der Waals surface area contributed by atoms with Gasteiger partial charge in [0, 0.05) is 4.88 Å². The topological polar surface area (TPSA) is 0 Å². The highest BCUT2D eigenvalue weighted by Crippen LogP contribution is 2.16. The molecule has 1 aromatic rings. The van der Waals surface area contributed by atoms with Gasteiger partial charge in [-0.1, -0.05) is 39.6 Å². The van der Waals surface area contributed by atoms with E-state index in [2.05, 4.69) is 45.6 Å². The molecule has 0 saturated heterocycles. The van der Waals surface area contributed by atoms with Gasteiger partial charge in [0.2, 0.25) is 0 Å². The summed E-state index contributed by atoms with van der Waals surface area (Å²) in [6.45, 7) is 11.8. The average molecular weight is 212 g/mol. The van der Waals surface area contributed by atoms with Gasteiger partial charge >= 0.3 is 0 Å². The lowest BCUT2D eigenvalue weighted by Gasteiger charge is -2.12. The predicted molar refractivity (Wildman–Crippen MR) is 65.8 cm³/mol. The largest absolute Gasteiger partial charge is 0.150 e. The van der Waals surface area contributed by atoms with E-state index in [1.165, 1.54) is 6.42 Å². The summed E-state index contributed by atoms with van der Waals surface area (Å²) in [6.07, 6.45) is 1.25. The van der Waals surface area contributed by atoms with Crippen LogP contribution in [0.5, 0.6) is 0 Å². The molecule has 1 heterocycles. The normalized spacial score (nSPS) is 12.5. The molecule has 0 unspecified atom stereocenters. The average Bonchev–Trinajstić information content (AvgIpc) is 2.32. The van der Waals surface area contributed by atoms with Crippen LogP contribution in [0.4, 0.5) is 0 Å². The molecule has 0 atom stereocenters. The Hall–Kier alpha value is -0.0831. The van der Waals surface area contributed by atoms with E-state index >= 15 is 0 Å². The molecule has 0 aliphatic heterocycles. The molecule has 1 aromatic heterocycles. The Kier molecular flexibility index (Phi) is 3.36. The zero-order valence-corrected chi connectivity index (χ0v) is 11.2. The van der Waals surface area contributed by atoms with E-state index in [0.29, 0.717) is 0 Å². The summed E-state index contributed by atoms with van der Waals surface area (Å²) >= 11 is 2.03. The molecule has 74 valence electrons. The van der Waals surface area contributed by atoms with Crippen molar-refractivity contribution in [1.29, 1.82) is 0 Å². The van der Waals surface area contributed by atoms with E-state index in [1.54, 1.807) is 9.38 Å². The lowest BCUT2D eigenvalue weighted by atomic mass is 10.1. The van der Waals surface area contributed by atoms with Crippen molar-refractivity contribution < 1.29 is 0 Å². The molecule has 0 aliphatic carbocycles. The first-order valence-corrected chi connectivity index (χ1v) is 9.30. The molecule has 2 heteroatoms. The number of hydrogen-bond acceptors (Lipinski definition) is 1. The van der Waals surface area contributed by atoms with Gasteiger partial charge in [0.1, 0.15) is 0 Å². The van der Waals surface area contributed by atoms with Crippen molar-refractivity contribution in [2.24, 2.45) is 5.92 Å². The maximum absolute atomic E-state index is 2.41. The van der Waals surface area contributed by atoms with E-state index < -0.39 is 8.07 Å². The first-order chi connectivity index (χ1) is 5.89. The second-order valence-electron chi connectivity index (χ2n) is 5.11. The first kappa shape index (κ1) is 11.0. The Morgan fingerprint density at radius 3 is 2.23 bits per heavy atom. The highest BCUT2D eigenvalue weighted by molar-refractivity contribution is 7.26. The SMILES string of the molecule is CC(C)Cc1ccc([Si](C)(C)C)s1. The molecule has 0 aliphatic rings. The van der Waals surface area contributed by atoms with E-state index in [4.69, 9.17) is 0 Å². The molecule has 0 spiro atoms. The van der Waals surface area contributed by atoms with Crippen molar-refractivity contribution in [3.8, 4) is 0 Å². The fraction of sp³-hybridized carbons (Fsp3) is 0.636. The van der Waals surface area contributed by atoms with E-state index in [0.717, 1.165) is 5.92 Å². The summed E-state index contributed by atoms with van der Waals surface area (Å²) in [7, 11) is -1.05. The Morgan fingerprint density at radius 1 is 1.23 bits per heavy atom. The summed E-state index contributed by atoms with van der Waals surface area (Å²) in [5, 5.41) is 0. The third-order valence-corrected chi connectivity index (χ3v) is 6.72. The second-order valence-corrected chi connectivity index (χ2v) is 11.7.